The third-order valence-corrected chi connectivity index (χ3v) is 8.14. The summed E-state index contributed by atoms with van der Waals surface area (Å²) in [5.74, 6) is 1.07. The van der Waals surface area contributed by atoms with Crippen molar-refractivity contribution in [3.8, 4) is 5.75 Å². The summed E-state index contributed by atoms with van der Waals surface area (Å²) in [6.45, 7) is 3.84. The Kier molecular flexibility index (Phi) is 8.50. The molecule has 34 heavy (non-hydrogen) atoms. The highest BCUT2D eigenvalue weighted by atomic mass is 35.5. The highest BCUT2D eigenvalue weighted by molar-refractivity contribution is 6.32. The number of unbranched alkanes of at least 4 members (excludes halogenated alkanes) is 1. The minimum absolute atomic E-state index is 0.221. The van der Waals surface area contributed by atoms with Crippen LogP contribution < -0.4 is 4.74 Å². The molecule has 1 fully saturated rings. The van der Waals surface area contributed by atoms with Gasteiger partial charge in [-0.25, -0.2) is 0 Å². The van der Waals surface area contributed by atoms with Crippen molar-refractivity contribution in [1.82, 2.24) is 4.90 Å². The molecule has 0 heterocycles. The summed E-state index contributed by atoms with van der Waals surface area (Å²) in [5.41, 5.74) is 3.69. The van der Waals surface area contributed by atoms with Gasteiger partial charge >= 0.3 is 0 Å². The minimum Gasteiger partial charge on any atom is -0.494 e. The average molecular weight is 480 g/mol. The average Bonchev–Trinajstić information content (AvgIpc) is 2.86. The van der Waals surface area contributed by atoms with Crippen LogP contribution in [0.2, 0.25) is 5.02 Å². The van der Waals surface area contributed by atoms with E-state index in [2.05, 4.69) is 43.2 Å². The lowest BCUT2D eigenvalue weighted by atomic mass is 9.63. The number of hydrogen-bond donors (Lipinski definition) is 0. The van der Waals surface area contributed by atoms with Gasteiger partial charge in [0.25, 0.3) is 0 Å². The van der Waals surface area contributed by atoms with Gasteiger partial charge in [0, 0.05) is 23.0 Å². The maximum absolute atomic E-state index is 12.6. The fraction of sp³-hybridized carbons (Fsp3) is 0.500. The molecule has 0 radical (unpaired) electrons. The maximum Gasteiger partial charge on any atom is 0.162 e. The van der Waals surface area contributed by atoms with Gasteiger partial charge in [-0.3, -0.25) is 4.79 Å². The number of hydrogen-bond acceptors (Lipinski definition) is 3. The van der Waals surface area contributed by atoms with Gasteiger partial charge in [-0.05, 0) is 105 Å². The second kappa shape index (κ2) is 11.6. The van der Waals surface area contributed by atoms with Crippen LogP contribution in [0.4, 0.5) is 0 Å². The molecule has 0 bridgehead atoms. The van der Waals surface area contributed by atoms with E-state index in [9.17, 15) is 4.79 Å². The Hall–Kier alpha value is -2.10. The second-order valence-corrected chi connectivity index (χ2v) is 10.5. The van der Waals surface area contributed by atoms with E-state index in [1.807, 2.05) is 30.3 Å². The normalized spacial score (nSPS) is 21.6. The Morgan fingerprint density at radius 3 is 2.62 bits per heavy atom. The van der Waals surface area contributed by atoms with Gasteiger partial charge in [0.2, 0.25) is 0 Å². The lowest BCUT2D eigenvalue weighted by Crippen LogP contribution is -2.41. The maximum atomic E-state index is 12.6. The Bertz CT molecular complexity index is 989. The molecular formula is C30H38ClNO2. The molecule has 2 aliphatic carbocycles. The first-order chi connectivity index (χ1) is 16.5. The van der Waals surface area contributed by atoms with Gasteiger partial charge in [0.05, 0.1) is 6.61 Å². The summed E-state index contributed by atoms with van der Waals surface area (Å²) in [7, 11) is 2.22. The molecule has 0 saturated heterocycles. The Balaban J connectivity index is 1.23. The summed E-state index contributed by atoms with van der Waals surface area (Å²) < 4.78 is 5.70. The van der Waals surface area contributed by atoms with Crippen LogP contribution in [0.25, 0.3) is 6.08 Å². The third-order valence-electron chi connectivity index (χ3n) is 7.81. The zero-order valence-corrected chi connectivity index (χ0v) is 21.4. The van der Waals surface area contributed by atoms with E-state index < -0.39 is 0 Å². The number of halogens is 1. The van der Waals surface area contributed by atoms with Crippen molar-refractivity contribution in [3.63, 3.8) is 0 Å². The predicted octanol–water partition coefficient (Wildman–Crippen LogP) is 7.71. The van der Waals surface area contributed by atoms with Gasteiger partial charge in [0.1, 0.15) is 5.75 Å². The molecule has 3 nitrogen and oxygen atoms in total. The first-order valence-electron chi connectivity index (χ1n) is 12.9. The van der Waals surface area contributed by atoms with Crippen LogP contribution in [0.15, 0.2) is 48.5 Å². The lowest BCUT2D eigenvalue weighted by Gasteiger charge is -2.45. The van der Waals surface area contributed by atoms with Crippen molar-refractivity contribution in [2.75, 3.05) is 20.2 Å². The van der Waals surface area contributed by atoms with E-state index in [0.29, 0.717) is 12.5 Å². The summed E-state index contributed by atoms with van der Waals surface area (Å²) in [6.07, 6.45) is 14.1. The topological polar surface area (TPSA) is 29.5 Å². The van der Waals surface area contributed by atoms with Gasteiger partial charge in [-0.1, -0.05) is 49.2 Å². The zero-order valence-electron chi connectivity index (χ0n) is 20.7. The fourth-order valence-corrected chi connectivity index (χ4v) is 5.88. The number of Topliss-reactive ketones (excluding diaryl/α,β-unsaturated/α-hetero) is 1. The quantitative estimate of drug-likeness (QED) is 0.258. The number of benzene rings is 2. The molecule has 0 atom stereocenters. The van der Waals surface area contributed by atoms with Crippen molar-refractivity contribution in [1.29, 1.82) is 0 Å². The smallest absolute Gasteiger partial charge is 0.162 e. The van der Waals surface area contributed by atoms with Crippen molar-refractivity contribution >= 4 is 23.5 Å². The molecule has 1 saturated carbocycles. The van der Waals surface area contributed by atoms with Crippen LogP contribution in [0, 0.1) is 0 Å². The molecule has 0 unspecified atom stereocenters. The van der Waals surface area contributed by atoms with Crippen LogP contribution in [-0.4, -0.2) is 36.9 Å². The van der Waals surface area contributed by atoms with Crippen LogP contribution in [-0.2, 0) is 5.41 Å². The summed E-state index contributed by atoms with van der Waals surface area (Å²) in [6, 6.07) is 14.6. The number of ether oxygens (including phenoxy) is 1. The SMILES string of the molecule is CCCCOc1ccc(C(=O)CCCN(C)C2CCC3(CC=Cc4c(Cl)cccc43)CC2)cc1. The van der Waals surface area contributed by atoms with Gasteiger partial charge in [-0.15, -0.1) is 0 Å². The number of carbonyl (C=O) groups excluding carboxylic acids is 1. The van der Waals surface area contributed by atoms with Crippen molar-refractivity contribution < 1.29 is 9.53 Å². The fourth-order valence-electron chi connectivity index (χ4n) is 5.64. The molecule has 4 heteroatoms. The summed E-state index contributed by atoms with van der Waals surface area (Å²) >= 11 is 6.49. The van der Waals surface area contributed by atoms with E-state index in [4.69, 9.17) is 16.3 Å². The van der Waals surface area contributed by atoms with Crippen LogP contribution >= 0.6 is 11.6 Å². The number of carbonyl (C=O) groups is 1. The molecule has 0 amide bonds. The molecule has 2 aromatic carbocycles. The highest BCUT2D eigenvalue weighted by Crippen LogP contribution is 2.48. The summed E-state index contributed by atoms with van der Waals surface area (Å²) in [5, 5.41) is 0.871. The monoisotopic (exact) mass is 479 g/mol. The van der Waals surface area contributed by atoms with E-state index in [1.54, 1.807) is 0 Å². The van der Waals surface area contributed by atoms with Crippen LogP contribution in [0.1, 0.15) is 86.2 Å². The number of ketones is 1. The highest BCUT2D eigenvalue weighted by Gasteiger charge is 2.39. The van der Waals surface area contributed by atoms with Crippen LogP contribution in [0.5, 0.6) is 5.75 Å². The van der Waals surface area contributed by atoms with E-state index >= 15 is 0 Å². The Labute approximate surface area is 210 Å². The first-order valence-corrected chi connectivity index (χ1v) is 13.3. The van der Waals surface area contributed by atoms with Crippen molar-refractivity contribution in [2.45, 2.75) is 76.2 Å². The number of allylic oxidation sites excluding steroid dienone is 1. The van der Waals surface area contributed by atoms with Gasteiger partial charge in [-0.2, -0.15) is 0 Å². The lowest BCUT2D eigenvalue weighted by molar-refractivity contribution is 0.0966. The van der Waals surface area contributed by atoms with Crippen molar-refractivity contribution in [3.05, 3.63) is 70.3 Å². The number of rotatable bonds is 10. The molecule has 1 spiro atoms. The van der Waals surface area contributed by atoms with Gasteiger partial charge in [0.15, 0.2) is 5.78 Å². The zero-order chi connectivity index (χ0) is 24.0. The molecule has 2 aromatic rings. The number of nitrogens with zero attached hydrogens (tertiary/aromatic N) is 1. The first kappa shape index (κ1) is 25.0. The molecule has 182 valence electrons. The predicted molar refractivity (Wildman–Crippen MR) is 142 cm³/mol. The molecule has 0 N–H and O–H groups in total. The van der Waals surface area contributed by atoms with E-state index in [-0.39, 0.29) is 11.2 Å². The second-order valence-electron chi connectivity index (χ2n) is 10.1. The molecule has 4 rings (SSSR count). The number of fused-ring (bicyclic) bond motifs is 2. The standard InChI is InChI=1S/C30H38ClNO2/c1-3-4-22-34-25-14-12-23(13-15-25)29(33)11-7-21-32(2)24-16-19-30(20-17-24)18-6-8-26-27(30)9-5-10-28(26)31/h5-6,8-10,12-15,24H,3-4,7,11,16-22H2,1-2H3. The minimum atomic E-state index is 0.221. The molecule has 2 aliphatic rings. The molecule has 0 aliphatic heterocycles. The molecular weight excluding hydrogens is 442 g/mol. The Morgan fingerprint density at radius 1 is 1.12 bits per heavy atom. The van der Waals surface area contributed by atoms with E-state index in [1.165, 1.54) is 36.8 Å². The largest absolute Gasteiger partial charge is 0.494 e. The van der Waals surface area contributed by atoms with Crippen molar-refractivity contribution in [2.24, 2.45) is 0 Å². The van der Waals surface area contributed by atoms with Crippen LogP contribution in [0.3, 0.4) is 0 Å². The van der Waals surface area contributed by atoms with E-state index in [0.717, 1.165) is 55.2 Å². The molecule has 0 aromatic heterocycles. The Morgan fingerprint density at radius 2 is 1.88 bits per heavy atom. The van der Waals surface area contributed by atoms with Gasteiger partial charge < -0.3 is 9.64 Å². The third kappa shape index (κ3) is 5.75. The summed E-state index contributed by atoms with van der Waals surface area (Å²) in [4.78, 5) is 15.1.